The lowest BCUT2D eigenvalue weighted by molar-refractivity contribution is -0.140. The molecule has 1 aliphatic heterocycles. The first-order chi connectivity index (χ1) is 8.65. The molecule has 0 fully saturated rings. The summed E-state index contributed by atoms with van der Waals surface area (Å²) in [6.45, 7) is 2.22. The molecule has 2 rings (SSSR count). The highest BCUT2D eigenvalue weighted by atomic mass is 16.5. The normalized spacial score (nSPS) is 19.2. The number of anilines is 2. The molecule has 1 aliphatic rings. The molecule has 1 heterocycles. The average Bonchev–Trinajstić information content (AvgIpc) is 2.46. The first kappa shape index (κ1) is 12.5. The van der Waals surface area contributed by atoms with Crippen LogP contribution in [0.1, 0.15) is 13.3 Å². The first-order valence-corrected chi connectivity index (χ1v) is 5.75. The lowest BCUT2D eigenvalue weighted by Gasteiger charge is -2.18. The van der Waals surface area contributed by atoms with Crippen LogP contribution in [0.5, 0.6) is 0 Å². The summed E-state index contributed by atoms with van der Waals surface area (Å²) in [7, 11) is 0. The molecule has 0 saturated heterocycles. The standard InChI is InChI=1S/C12H15N3O3/c1-2-7-18-10-11(16)14-8-5-3-4-6-9(8)15(13)12(10)17/h3-6,10H,2,7,13H2,1H3,(H,14,16). The fourth-order valence-electron chi connectivity index (χ4n) is 1.73. The fraction of sp³-hybridized carbons (Fsp3) is 0.333. The highest BCUT2D eigenvalue weighted by Crippen LogP contribution is 2.27. The largest absolute Gasteiger partial charge is 0.359 e. The van der Waals surface area contributed by atoms with Crippen LogP contribution in [0.3, 0.4) is 0 Å². The molecule has 0 spiro atoms. The number of amides is 2. The summed E-state index contributed by atoms with van der Waals surface area (Å²) in [5, 5.41) is 3.59. The molecule has 1 atom stereocenters. The molecule has 0 radical (unpaired) electrons. The van der Waals surface area contributed by atoms with Crippen molar-refractivity contribution < 1.29 is 14.3 Å². The van der Waals surface area contributed by atoms with Crippen LogP contribution in [-0.2, 0) is 14.3 Å². The number of para-hydroxylation sites is 2. The van der Waals surface area contributed by atoms with Crippen LogP contribution in [0.25, 0.3) is 0 Å². The minimum Gasteiger partial charge on any atom is -0.359 e. The number of nitrogens with two attached hydrogens (primary N) is 1. The molecule has 3 N–H and O–H groups in total. The SMILES string of the molecule is CCCOC1C(=O)Nc2ccccc2N(N)C1=O. The third-order valence-corrected chi connectivity index (χ3v) is 2.61. The number of benzene rings is 1. The van der Waals surface area contributed by atoms with E-state index in [1.165, 1.54) is 0 Å². The smallest absolute Gasteiger partial charge is 0.280 e. The van der Waals surface area contributed by atoms with Crippen molar-refractivity contribution in [3.8, 4) is 0 Å². The number of fused-ring (bicyclic) bond motifs is 1. The van der Waals surface area contributed by atoms with Gasteiger partial charge in [-0.2, -0.15) is 0 Å². The average molecular weight is 249 g/mol. The zero-order valence-electron chi connectivity index (χ0n) is 10.1. The summed E-state index contributed by atoms with van der Waals surface area (Å²) in [6, 6.07) is 6.84. The van der Waals surface area contributed by atoms with Crippen LogP contribution in [0.4, 0.5) is 11.4 Å². The van der Waals surface area contributed by atoms with Crippen molar-refractivity contribution in [3.63, 3.8) is 0 Å². The Bertz CT molecular complexity index is 475. The van der Waals surface area contributed by atoms with E-state index in [0.29, 0.717) is 24.4 Å². The molecular formula is C12H15N3O3. The van der Waals surface area contributed by atoms with Gasteiger partial charge < -0.3 is 10.1 Å². The maximum Gasteiger partial charge on any atom is 0.280 e. The van der Waals surface area contributed by atoms with Gasteiger partial charge in [-0.25, -0.2) is 10.9 Å². The lowest BCUT2D eigenvalue weighted by atomic mass is 10.2. The molecule has 0 aliphatic carbocycles. The third-order valence-electron chi connectivity index (χ3n) is 2.61. The van der Waals surface area contributed by atoms with Gasteiger partial charge in [0.05, 0.1) is 11.4 Å². The predicted octanol–water partition coefficient (Wildman–Crippen LogP) is 0.641. The second-order valence-electron chi connectivity index (χ2n) is 3.97. The number of nitrogens with zero attached hydrogens (tertiary/aromatic N) is 1. The molecule has 0 saturated carbocycles. The topological polar surface area (TPSA) is 84.7 Å². The van der Waals surface area contributed by atoms with Crippen molar-refractivity contribution in [2.24, 2.45) is 5.84 Å². The van der Waals surface area contributed by atoms with Crippen LogP contribution in [0.2, 0.25) is 0 Å². The molecular weight excluding hydrogens is 234 g/mol. The molecule has 1 unspecified atom stereocenters. The third kappa shape index (κ3) is 2.20. The van der Waals surface area contributed by atoms with E-state index in [4.69, 9.17) is 10.6 Å². The number of nitrogens with one attached hydrogen (secondary N) is 1. The van der Waals surface area contributed by atoms with Gasteiger partial charge in [-0.3, -0.25) is 9.59 Å². The maximum atomic E-state index is 12.0. The van der Waals surface area contributed by atoms with Crippen molar-refractivity contribution in [2.45, 2.75) is 19.4 Å². The molecule has 2 amide bonds. The van der Waals surface area contributed by atoms with Gasteiger partial charge >= 0.3 is 0 Å². The summed E-state index contributed by atoms with van der Waals surface area (Å²) in [6.07, 6.45) is -0.475. The summed E-state index contributed by atoms with van der Waals surface area (Å²) in [4.78, 5) is 23.9. The molecule has 6 nitrogen and oxygen atoms in total. The Morgan fingerprint density at radius 1 is 1.39 bits per heavy atom. The molecule has 0 bridgehead atoms. The number of rotatable bonds is 3. The maximum absolute atomic E-state index is 12.0. The monoisotopic (exact) mass is 249 g/mol. The Morgan fingerprint density at radius 3 is 2.83 bits per heavy atom. The number of hydrogen-bond donors (Lipinski definition) is 2. The van der Waals surface area contributed by atoms with Gasteiger partial charge in [0.1, 0.15) is 0 Å². The second kappa shape index (κ2) is 5.16. The van der Waals surface area contributed by atoms with Crippen molar-refractivity contribution in [1.29, 1.82) is 0 Å². The molecule has 0 aromatic heterocycles. The van der Waals surface area contributed by atoms with Gasteiger partial charge in [0.15, 0.2) is 0 Å². The number of carbonyl (C=O) groups is 2. The highest BCUT2D eigenvalue weighted by molar-refractivity contribution is 6.18. The lowest BCUT2D eigenvalue weighted by Crippen LogP contribution is -2.47. The van der Waals surface area contributed by atoms with Gasteiger partial charge in [0.2, 0.25) is 6.10 Å². The Morgan fingerprint density at radius 2 is 2.11 bits per heavy atom. The van der Waals surface area contributed by atoms with Gasteiger partial charge in [0.25, 0.3) is 11.8 Å². The van der Waals surface area contributed by atoms with Gasteiger partial charge in [-0.05, 0) is 18.6 Å². The number of hydrazine groups is 1. The molecule has 6 heteroatoms. The quantitative estimate of drug-likeness (QED) is 0.467. The molecule has 1 aromatic rings. The Labute approximate surface area is 105 Å². The van der Waals surface area contributed by atoms with Gasteiger partial charge in [0, 0.05) is 6.61 Å². The van der Waals surface area contributed by atoms with E-state index in [1.807, 2.05) is 6.92 Å². The Hall–Kier alpha value is -1.92. The highest BCUT2D eigenvalue weighted by Gasteiger charge is 2.35. The van der Waals surface area contributed by atoms with E-state index < -0.39 is 17.9 Å². The van der Waals surface area contributed by atoms with Crippen LogP contribution < -0.4 is 16.2 Å². The Balaban J connectivity index is 2.32. The van der Waals surface area contributed by atoms with Crippen LogP contribution in [-0.4, -0.2) is 24.5 Å². The minimum atomic E-state index is -1.19. The van der Waals surface area contributed by atoms with Crippen LogP contribution >= 0.6 is 0 Å². The predicted molar refractivity (Wildman–Crippen MR) is 66.8 cm³/mol. The fourth-order valence-corrected chi connectivity index (χ4v) is 1.73. The van der Waals surface area contributed by atoms with E-state index >= 15 is 0 Å². The van der Waals surface area contributed by atoms with Crippen LogP contribution in [0, 0.1) is 0 Å². The van der Waals surface area contributed by atoms with Crippen molar-refractivity contribution in [1.82, 2.24) is 0 Å². The van der Waals surface area contributed by atoms with Crippen molar-refractivity contribution >= 4 is 23.2 Å². The number of ether oxygens (including phenoxy) is 1. The van der Waals surface area contributed by atoms with E-state index in [1.54, 1.807) is 24.3 Å². The van der Waals surface area contributed by atoms with E-state index in [0.717, 1.165) is 5.01 Å². The second-order valence-corrected chi connectivity index (χ2v) is 3.97. The van der Waals surface area contributed by atoms with Crippen LogP contribution in [0.15, 0.2) is 24.3 Å². The summed E-state index contributed by atoms with van der Waals surface area (Å²) < 4.78 is 5.26. The van der Waals surface area contributed by atoms with Crippen molar-refractivity contribution in [2.75, 3.05) is 16.9 Å². The summed E-state index contributed by atoms with van der Waals surface area (Å²) in [5.74, 6) is 4.67. The minimum absolute atomic E-state index is 0.327. The zero-order valence-corrected chi connectivity index (χ0v) is 10.1. The van der Waals surface area contributed by atoms with E-state index in [9.17, 15) is 9.59 Å². The van der Waals surface area contributed by atoms with Gasteiger partial charge in [-0.15, -0.1) is 0 Å². The van der Waals surface area contributed by atoms with E-state index in [-0.39, 0.29) is 0 Å². The van der Waals surface area contributed by atoms with E-state index in [2.05, 4.69) is 5.32 Å². The number of hydrogen-bond acceptors (Lipinski definition) is 4. The summed E-state index contributed by atoms with van der Waals surface area (Å²) >= 11 is 0. The molecule has 1 aromatic carbocycles. The van der Waals surface area contributed by atoms with Crippen molar-refractivity contribution in [3.05, 3.63) is 24.3 Å². The summed E-state index contributed by atoms with van der Waals surface area (Å²) in [5.41, 5.74) is 0.958. The number of carbonyl (C=O) groups excluding carboxylic acids is 2. The zero-order chi connectivity index (χ0) is 13.1. The molecule has 18 heavy (non-hydrogen) atoms. The first-order valence-electron chi connectivity index (χ1n) is 5.75. The Kier molecular flexibility index (Phi) is 3.59. The van der Waals surface area contributed by atoms with Gasteiger partial charge in [-0.1, -0.05) is 19.1 Å². The molecule has 96 valence electrons.